The summed E-state index contributed by atoms with van der Waals surface area (Å²) < 4.78 is 10.9. The minimum absolute atomic E-state index is 0.0425. The van der Waals surface area contributed by atoms with Crippen molar-refractivity contribution in [3.05, 3.63) is 29.8 Å². The maximum Gasteiger partial charge on any atom is 0.338 e. The van der Waals surface area contributed by atoms with E-state index in [2.05, 4.69) is 0 Å². The summed E-state index contributed by atoms with van der Waals surface area (Å²) in [5, 5.41) is 11.1. The molecule has 4 heteroatoms. The van der Waals surface area contributed by atoms with Crippen LogP contribution in [0.5, 0.6) is 5.75 Å². The number of rotatable bonds is 5. The van der Waals surface area contributed by atoms with Gasteiger partial charge in [-0.05, 0) is 19.4 Å². The predicted molar refractivity (Wildman–Crippen MR) is 80.3 cm³/mol. The first kappa shape index (κ1) is 15.8. The molecule has 21 heavy (non-hydrogen) atoms. The minimum Gasteiger partial charge on any atom is -0.493 e. The molecule has 3 atom stereocenters. The van der Waals surface area contributed by atoms with E-state index in [-0.39, 0.29) is 18.4 Å². The summed E-state index contributed by atoms with van der Waals surface area (Å²) in [6.07, 6.45) is 1.09. The van der Waals surface area contributed by atoms with Gasteiger partial charge in [0.1, 0.15) is 5.75 Å². The van der Waals surface area contributed by atoms with Crippen LogP contribution in [0.1, 0.15) is 45.1 Å². The number of fused-ring (bicyclic) bond motifs is 1. The van der Waals surface area contributed by atoms with E-state index in [0.29, 0.717) is 19.4 Å². The van der Waals surface area contributed by atoms with Gasteiger partial charge in [0.25, 0.3) is 0 Å². The number of benzene rings is 1. The van der Waals surface area contributed by atoms with Crippen molar-refractivity contribution in [1.29, 1.82) is 0 Å². The average Bonchev–Trinajstić information content (AvgIpc) is 2.47. The molecule has 1 aromatic rings. The molecule has 1 aliphatic heterocycles. The van der Waals surface area contributed by atoms with Crippen molar-refractivity contribution in [2.75, 3.05) is 13.2 Å². The fourth-order valence-corrected chi connectivity index (χ4v) is 3.24. The number of ether oxygens (including phenoxy) is 2. The van der Waals surface area contributed by atoms with Gasteiger partial charge in [-0.3, -0.25) is 0 Å². The minimum atomic E-state index is -1.50. The van der Waals surface area contributed by atoms with Crippen LogP contribution in [0.2, 0.25) is 0 Å². The number of carbonyl (C=O) groups excluding carboxylic acids is 1. The molecular formula is C17H24O4. The summed E-state index contributed by atoms with van der Waals surface area (Å²) in [5.74, 6) is -0.0397. The molecule has 1 aliphatic rings. The molecule has 0 bridgehead atoms. The molecule has 0 aliphatic carbocycles. The topological polar surface area (TPSA) is 55.8 Å². The molecule has 1 N–H and O–H groups in total. The standard InChI is InChI=1S/C17H24O4/c1-4-10-17(19,16(18)20-5-2)15-12(3)11-21-14-9-7-6-8-13(14)15/h6-9,12,15,19H,4-5,10-11H2,1-3H3. The SMILES string of the molecule is CCCC(O)(C(=O)OCC)C1c2ccccc2OCC1C. The van der Waals surface area contributed by atoms with Crippen LogP contribution in [0.4, 0.5) is 0 Å². The summed E-state index contributed by atoms with van der Waals surface area (Å²) in [6.45, 7) is 6.48. The summed E-state index contributed by atoms with van der Waals surface area (Å²) in [4.78, 5) is 12.4. The van der Waals surface area contributed by atoms with Crippen molar-refractivity contribution in [2.24, 2.45) is 5.92 Å². The Kier molecular flexibility index (Phi) is 4.88. The summed E-state index contributed by atoms with van der Waals surface area (Å²) in [5.41, 5.74) is -0.607. The first-order valence-corrected chi connectivity index (χ1v) is 7.65. The molecule has 2 rings (SSSR count). The van der Waals surface area contributed by atoms with E-state index >= 15 is 0 Å². The van der Waals surface area contributed by atoms with Gasteiger partial charge in [0.15, 0.2) is 5.60 Å². The number of hydrogen-bond acceptors (Lipinski definition) is 4. The zero-order chi connectivity index (χ0) is 15.5. The lowest BCUT2D eigenvalue weighted by Gasteiger charge is -2.41. The van der Waals surface area contributed by atoms with Crippen LogP contribution in [0.25, 0.3) is 0 Å². The molecule has 0 fully saturated rings. The Morgan fingerprint density at radius 3 is 2.81 bits per heavy atom. The van der Waals surface area contributed by atoms with Crippen LogP contribution in [0, 0.1) is 5.92 Å². The third-order valence-electron chi connectivity index (χ3n) is 4.10. The maximum absolute atomic E-state index is 12.4. The van der Waals surface area contributed by atoms with Gasteiger partial charge in [-0.2, -0.15) is 0 Å². The zero-order valence-corrected chi connectivity index (χ0v) is 13.0. The molecule has 0 spiro atoms. The summed E-state index contributed by atoms with van der Waals surface area (Å²) >= 11 is 0. The van der Waals surface area contributed by atoms with E-state index in [1.807, 2.05) is 38.1 Å². The van der Waals surface area contributed by atoms with E-state index < -0.39 is 11.6 Å². The van der Waals surface area contributed by atoms with E-state index in [9.17, 15) is 9.90 Å². The molecule has 0 aromatic heterocycles. The van der Waals surface area contributed by atoms with E-state index in [1.165, 1.54) is 0 Å². The van der Waals surface area contributed by atoms with Gasteiger partial charge >= 0.3 is 5.97 Å². The molecule has 0 saturated heterocycles. The van der Waals surface area contributed by atoms with Crippen LogP contribution < -0.4 is 4.74 Å². The van der Waals surface area contributed by atoms with Crippen molar-refractivity contribution in [3.63, 3.8) is 0 Å². The van der Waals surface area contributed by atoms with Gasteiger partial charge in [-0.1, -0.05) is 38.5 Å². The summed E-state index contributed by atoms with van der Waals surface area (Å²) in [6, 6.07) is 7.61. The molecule has 0 saturated carbocycles. The second-order valence-electron chi connectivity index (χ2n) is 5.70. The number of carbonyl (C=O) groups is 1. The lowest BCUT2D eigenvalue weighted by molar-refractivity contribution is -0.171. The molecule has 0 amide bonds. The molecule has 4 nitrogen and oxygen atoms in total. The lowest BCUT2D eigenvalue weighted by Crippen LogP contribution is -2.50. The molecule has 1 aromatic carbocycles. The third-order valence-corrected chi connectivity index (χ3v) is 4.10. The van der Waals surface area contributed by atoms with Crippen molar-refractivity contribution in [3.8, 4) is 5.75 Å². The molecule has 3 unspecified atom stereocenters. The van der Waals surface area contributed by atoms with Crippen LogP contribution >= 0.6 is 0 Å². The smallest absolute Gasteiger partial charge is 0.338 e. The van der Waals surface area contributed by atoms with E-state index in [4.69, 9.17) is 9.47 Å². The Morgan fingerprint density at radius 2 is 2.14 bits per heavy atom. The first-order valence-electron chi connectivity index (χ1n) is 7.65. The Labute approximate surface area is 126 Å². The molecule has 116 valence electrons. The highest BCUT2D eigenvalue weighted by Crippen LogP contribution is 2.45. The normalized spacial score (nSPS) is 23.6. The van der Waals surface area contributed by atoms with E-state index in [0.717, 1.165) is 11.3 Å². The number of esters is 1. The van der Waals surface area contributed by atoms with Crippen molar-refractivity contribution in [1.82, 2.24) is 0 Å². The Balaban J connectivity index is 2.46. The largest absolute Gasteiger partial charge is 0.493 e. The lowest BCUT2D eigenvalue weighted by atomic mass is 9.71. The fourth-order valence-electron chi connectivity index (χ4n) is 3.24. The number of para-hydroxylation sites is 1. The van der Waals surface area contributed by atoms with Crippen molar-refractivity contribution < 1.29 is 19.4 Å². The fraction of sp³-hybridized carbons (Fsp3) is 0.588. The average molecular weight is 292 g/mol. The van der Waals surface area contributed by atoms with Crippen molar-refractivity contribution in [2.45, 2.75) is 45.1 Å². The van der Waals surface area contributed by atoms with Gasteiger partial charge in [0.2, 0.25) is 0 Å². The van der Waals surface area contributed by atoms with Gasteiger partial charge in [-0.25, -0.2) is 4.79 Å². The Hall–Kier alpha value is -1.55. The second kappa shape index (κ2) is 6.48. The van der Waals surface area contributed by atoms with Gasteiger partial charge in [-0.15, -0.1) is 0 Å². The molecule has 0 radical (unpaired) electrons. The number of aliphatic hydroxyl groups is 1. The first-order chi connectivity index (χ1) is 10.0. The monoisotopic (exact) mass is 292 g/mol. The highest BCUT2D eigenvalue weighted by Gasteiger charge is 2.50. The highest BCUT2D eigenvalue weighted by molar-refractivity contribution is 5.81. The molecule has 1 heterocycles. The molecular weight excluding hydrogens is 268 g/mol. The van der Waals surface area contributed by atoms with Gasteiger partial charge in [0, 0.05) is 17.4 Å². The van der Waals surface area contributed by atoms with Gasteiger partial charge in [0.05, 0.1) is 13.2 Å². The summed E-state index contributed by atoms with van der Waals surface area (Å²) in [7, 11) is 0. The zero-order valence-electron chi connectivity index (χ0n) is 13.0. The maximum atomic E-state index is 12.4. The van der Waals surface area contributed by atoms with Crippen LogP contribution in [0.15, 0.2) is 24.3 Å². The highest BCUT2D eigenvalue weighted by atomic mass is 16.5. The van der Waals surface area contributed by atoms with E-state index in [1.54, 1.807) is 6.92 Å². The third kappa shape index (κ3) is 2.91. The van der Waals surface area contributed by atoms with Gasteiger partial charge < -0.3 is 14.6 Å². The quantitative estimate of drug-likeness (QED) is 0.848. The van der Waals surface area contributed by atoms with Crippen LogP contribution in [0.3, 0.4) is 0 Å². The predicted octanol–water partition coefficient (Wildman–Crippen LogP) is 2.89. The Bertz CT molecular complexity index is 499. The van der Waals surface area contributed by atoms with Crippen LogP contribution in [-0.2, 0) is 9.53 Å². The second-order valence-corrected chi connectivity index (χ2v) is 5.70. The Morgan fingerprint density at radius 1 is 1.43 bits per heavy atom. The van der Waals surface area contributed by atoms with Crippen LogP contribution in [-0.4, -0.2) is 29.9 Å². The number of hydrogen-bond donors (Lipinski definition) is 1. The van der Waals surface area contributed by atoms with Crippen molar-refractivity contribution >= 4 is 5.97 Å².